The summed E-state index contributed by atoms with van der Waals surface area (Å²) in [6.45, 7) is 5.49. The van der Waals surface area contributed by atoms with Crippen molar-refractivity contribution >= 4 is 17.4 Å². The predicted octanol–water partition coefficient (Wildman–Crippen LogP) is 0.555. The summed E-state index contributed by atoms with van der Waals surface area (Å²) in [5.41, 5.74) is 3.07. The molecule has 19 heavy (non-hydrogen) atoms. The molecule has 1 aromatic rings. The van der Waals surface area contributed by atoms with Gasteiger partial charge in [0.15, 0.2) is 5.82 Å². The van der Waals surface area contributed by atoms with Gasteiger partial charge < -0.3 is 15.0 Å². The van der Waals surface area contributed by atoms with Gasteiger partial charge in [0.2, 0.25) is 0 Å². The normalized spacial score (nSPS) is 23.4. The number of carbonyl (C=O) groups excluding carboxylic acids is 1. The summed E-state index contributed by atoms with van der Waals surface area (Å²) in [4.78, 5) is 20.6. The Labute approximate surface area is 112 Å². The second-order valence-corrected chi connectivity index (χ2v) is 5.26. The predicted molar refractivity (Wildman–Crippen MR) is 71.6 cm³/mol. The third-order valence-electron chi connectivity index (χ3n) is 4.12. The number of anilines is 2. The molecule has 6 heteroatoms. The highest BCUT2D eigenvalue weighted by molar-refractivity contribution is 6.05. The molecular formula is C13H18N4O2. The molecule has 1 fully saturated rings. The Morgan fingerprint density at radius 2 is 2.11 bits per heavy atom. The van der Waals surface area contributed by atoms with Gasteiger partial charge in [-0.1, -0.05) is 0 Å². The Morgan fingerprint density at radius 1 is 1.37 bits per heavy atom. The van der Waals surface area contributed by atoms with Crippen LogP contribution in [0.1, 0.15) is 11.1 Å². The highest BCUT2D eigenvalue weighted by atomic mass is 16.5. The van der Waals surface area contributed by atoms with Crippen LogP contribution in [0.3, 0.4) is 0 Å². The third-order valence-corrected chi connectivity index (χ3v) is 4.12. The van der Waals surface area contributed by atoms with E-state index in [1.54, 1.807) is 11.9 Å². The number of hydrogen-bond acceptors (Lipinski definition) is 5. The highest BCUT2D eigenvalue weighted by Crippen LogP contribution is 2.38. The first-order valence-corrected chi connectivity index (χ1v) is 6.45. The first-order chi connectivity index (χ1) is 9.00. The van der Waals surface area contributed by atoms with Crippen LogP contribution < -0.4 is 9.80 Å². The summed E-state index contributed by atoms with van der Waals surface area (Å²) < 4.78 is 0. The molecule has 1 saturated heterocycles. The summed E-state index contributed by atoms with van der Waals surface area (Å²) in [6.07, 6.45) is 1.85. The zero-order valence-electron chi connectivity index (χ0n) is 11.4. The Kier molecular flexibility index (Phi) is 2.72. The fourth-order valence-corrected chi connectivity index (χ4v) is 2.85. The van der Waals surface area contributed by atoms with E-state index >= 15 is 0 Å². The van der Waals surface area contributed by atoms with Crippen LogP contribution in [0.5, 0.6) is 0 Å². The topological polar surface area (TPSA) is 59.9 Å². The van der Waals surface area contributed by atoms with E-state index in [2.05, 4.69) is 4.98 Å². The maximum absolute atomic E-state index is 12.5. The number of amides is 1. The Bertz CT molecular complexity index is 546. The molecule has 1 amide bonds. The summed E-state index contributed by atoms with van der Waals surface area (Å²) in [7, 11) is 1.78. The second-order valence-electron chi connectivity index (χ2n) is 5.26. The van der Waals surface area contributed by atoms with Gasteiger partial charge in [0.1, 0.15) is 6.04 Å². The van der Waals surface area contributed by atoms with E-state index in [4.69, 9.17) is 0 Å². The standard InChI is InChI=1S/C13H18N4O2/c1-8-6-14-12-11(9(8)2)15(3)13(18)10-7-16(19)4-5-17(10)12/h6,10,19H,4-5,7H2,1-3H3/t10-/m0/s1. The molecule has 0 radical (unpaired) electrons. The monoisotopic (exact) mass is 262 g/mol. The van der Waals surface area contributed by atoms with Crippen LogP contribution in [0.15, 0.2) is 6.20 Å². The minimum atomic E-state index is -0.342. The molecule has 1 atom stereocenters. The lowest BCUT2D eigenvalue weighted by atomic mass is 10.0. The number of aryl methyl sites for hydroxylation is 1. The van der Waals surface area contributed by atoms with Gasteiger partial charge in [0, 0.05) is 26.3 Å². The number of rotatable bonds is 0. The van der Waals surface area contributed by atoms with Crippen LogP contribution in [0.25, 0.3) is 0 Å². The SMILES string of the molecule is Cc1cnc2c(c1C)N(C)C(=O)[C@@H]1CN(O)CCN21. The van der Waals surface area contributed by atoms with Crippen LogP contribution >= 0.6 is 0 Å². The van der Waals surface area contributed by atoms with Gasteiger partial charge in [-0.05, 0) is 25.0 Å². The first kappa shape index (κ1) is 12.4. The van der Waals surface area contributed by atoms with Gasteiger partial charge in [-0.2, -0.15) is 5.06 Å². The smallest absolute Gasteiger partial charge is 0.251 e. The average Bonchev–Trinajstić information content (AvgIpc) is 2.39. The van der Waals surface area contributed by atoms with Gasteiger partial charge in [-0.15, -0.1) is 0 Å². The highest BCUT2D eigenvalue weighted by Gasteiger charge is 2.41. The lowest BCUT2D eigenvalue weighted by molar-refractivity contribution is -0.131. The molecule has 6 nitrogen and oxygen atoms in total. The average molecular weight is 262 g/mol. The minimum Gasteiger partial charge on any atom is -0.340 e. The Hall–Kier alpha value is -1.66. The van der Waals surface area contributed by atoms with Crippen molar-refractivity contribution in [3.8, 4) is 0 Å². The number of hydrogen-bond donors (Lipinski definition) is 1. The van der Waals surface area contributed by atoms with E-state index in [1.165, 1.54) is 5.06 Å². The van der Waals surface area contributed by atoms with Crippen molar-refractivity contribution in [2.24, 2.45) is 0 Å². The van der Waals surface area contributed by atoms with Gasteiger partial charge in [-0.25, -0.2) is 4.98 Å². The molecule has 3 rings (SSSR count). The first-order valence-electron chi connectivity index (χ1n) is 6.45. The van der Waals surface area contributed by atoms with Crippen molar-refractivity contribution in [3.05, 3.63) is 17.3 Å². The molecule has 0 bridgehead atoms. The molecule has 3 heterocycles. The lowest BCUT2D eigenvalue weighted by Crippen LogP contribution is -2.62. The number of nitrogens with zero attached hydrogens (tertiary/aromatic N) is 4. The fourth-order valence-electron chi connectivity index (χ4n) is 2.85. The number of piperazine rings is 1. The van der Waals surface area contributed by atoms with Crippen LogP contribution in [0.4, 0.5) is 11.5 Å². The zero-order chi connectivity index (χ0) is 13.7. The minimum absolute atomic E-state index is 0.0155. The second kappa shape index (κ2) is 4.18. The quantitative estimate of drug-likeness (QED) is 0.740. The summed E-state index contributed by atoms with van der Waals surface area (Å²) in [5.74, 6) is 0.866. The lowest BCUT2D eigenvalue weighted by Gasteiger charge is -2.45. The molecule has 102 valence electrons. The number of fused-ring (bicyclic) bond motifs is 3. The number of carbonyl (C=O) groups is 1. The third kappa shape index (κ3) is 1.71. The number of hydroxylamine groups is 2. The molecule has 2 aliphatic heterocycles. The number of aromatic nitrogens is 1. The molecule has 2 aliphatic rings. The fraction of sp³-hybridized carbons (Fsp3) is 0.538. The maximum Gasteiger partial charge on any atom is 0.251 e. The molecule has 0 saturated carbocycles. The maximum atomic E-state index is 12.5. The van der Waals surface area contributed by atoms with E-state index in [0.717, 1.165) is 22.6 Å². The van der Waals surface area contributed by atoms with Crippen molar-refractivity contribution in [3.63, 3.8) is 0 Å². The van der Waals surface area contributed by atoms with Gasteiger partial charge in [0.25, 0.3) is 5.91 Å². The molecule has 0 unspecified atom stereocenters. The number of likely N-dealkylation sites (N-methyl/N-ethyl adjacent to an activating group) is 1. The van der Waals surface area contributed by atoms with Gasteiger partial charge in [-0.3, -0.25) is 4.79 Å². The van der Waals surface area contributed by atoms with Gasteiger partial charge >= 0.3 is 0 Å². The van der Waals surface area contributed by atoms with Crippen molar-refractivity contribution in [2.75, 3.05) is 36.5 Å². The van der Waals surface area contributed by atoms with E-state index in [-0.39, 0.29) is 11.9 Å². The van der Waals surface area contributed by atoms with E-state index in [0.29, 0.717) is 19.6 Å². The molecule has 1 aromatic heterocycles. The molecule has 1 N–H and O–H groups in total. The van der Waals surface area contributed by atoms with Crippen molar-refractivity contribution in [1.29, 1.82) is 0 Å². The molecule has 0 aliphatic carbocycles. The Balaban J connectivity index is 2.14. The number of pyridine rings is 1. The van der Waals surface area contributed by atoms with Gasteiger partial charge in [0.05, 0.1) is 12.2 Å². The molecule has 0 aromatic carbocycles. The van der Waals surface area contributed by atoms with Crippen molar-refractivity contribution in [2.45, 2.75) is 19.9 Å². The van der Waals surface area contributed by atoms with Crippen LogP contribution in [-0.4, -0.2) is 53.9 Å². The summed E-state index contributed by atoms with van der Waals surface area (Å²) in [6, 6.07) is -0.342. The van der Waals surface area contributed by atoms with E-state index in [9.17, 15) is 10.0 Å². The van der Waals surface area contributed by atoms with Crippen molar-refractivity contribution in [1.82, 2.24) is 10.0 Å². The van der Waals surface area contributed by atoms with Crippen LogP contribution in [-0.2, 0) is 4.79 Å². The Morgan fingerprint density at radius 3 is 2.84 bits per heavy atom. The molecular weight excluding hydrogens is 244 g/mol. The largest absolute Gasteiger partial charge is 0.340 e. The molecule has 0 spiro atoms. The summed E-state index contributed by atoms with van der Waals surface area (Å²) in [5, 5.41) is 10.8. The van der Waals surface area contributed by atoms with Crippen molar-refractivity contribution < 1.29 is 10.0 Å². The van der Waals surface area contributed by atoms with E-state index < -0.39 is 0 Å². The van der Waals surface area contributed by atoms with Crippen LogP contribution in [0.2, 0.25) is 0 Å². The summed E-state index contributed by atoms with van der Waals surface area (Å²) >= 11 is 0. The van der Waals surface area contributed by atoms with Crippen LogP contribution in [0, 0.1) is 13.8 Å². The van der Waals surface area contributed by atoms with E-state index in [1.807, 2.05) is 24.9 Å². The zero-order valence-corrected chi connectivity index (χ0v) is 11.4.